The molecule has 3 heterocycles. The van der Waals surface area contributed by atoms with Gasteiger partial charge in [0.15, 0.2) is 11.5 Å². The lowest BCUT2D eigenvalue weighted by Gasteiger charge is -2.04. The van der Waals surface area contributed by atoms with E-state index in [-0.39, 0.29) is 0 Å². The molecule has 3 aromatic rings. The molecule has 0 spiro atoms. The normalized spacial score (nSPS) is 11.1. The summed E-state index contributed by atoms with van der Waals surface area (Å²) in [6, 6.07) is 0. The van der Waals surface area contributed by atoms with Crippen molar-refractivity contribution in [2.45, 2.75) is 19.5 Å². The van der Waals surface area contributed by atoms with Crippen molar-refractivity contribution in [1.82, 2.24) is 29.1 Å². The van der Waals surface area contributed by atoms with Gasteiger partial charge in [-0.15, -0.1) is 0 Å². The molecule has 0 bridgehead atoms. The van der Waals surface area contributed by atoms with Gasteiger partial charge in [-0.25, -0.2) is 19.9 Å². The number of nitrogens with zero attached hydrogens (tertiary/aromatic N) is 6. The van der Waals surface area contributed by atoms with E-state index >= 15 is 0 Å². The highest BCUT2D eigenvalue weighted by Crippen LogP contribution is 2.14. The number of imidazole rings is 2. The largest absolute Gasteiger partial charge is 0.382 e. The van der Waals surface area contributed by atoms with Gasteiger partial charge in [-0.05, 0) is 6.42 Å². The van der Waals surface area contributed by atoms with Gasteiger partial charge in [0.05, 0.1) is 12.7 Å². The molecule has 0 unspecified atom stereocenters. The van der Waals surface area contributed by atoms with Crippen molar-refractivity contribution in [3.05, 3.63) is 31.4 Å². The topological polar surface area (TPSA) is 87.4 Å². The van der Waals surface area contributed by atoms with Gasteiger partial charge in [0.2, 0.25) is 0 Å². The van der Waals surface area contributed by atoms with Crippen LogP contribution in [0.3, 0.4) is 0 Å². The van der Waals surface area contributed by atoms with Gasteiger partial charge in [0, 0.05) is 25.5 Å². The standard InChI is InChI=1S/C11H13N7/c12-10-9-11(15-6-14-10)18(8-16-9)4-1-3-17-5-2-13-7-17/h2,5-8H,1,3-4H2,(H2,12,14,15). The number of hydrogen-bond donors (Lipinski definition) is 1. The summed E-state index contributed by atoms with van der Waals surface area (Å²) in [5.74, 6) is 0.424. The van der Waals surface area contributed by atoms with Gasteiger partial charge in [0.25, 0.3) is 0 Å². The highest BCUT2D eigenvalue weighted by atomic mass is 15.1. The summed E-state index contributed by atoms with van der Waals surface area (Å²) in [4.78, 5) is 16.4. The van der Waals surface area contributed by atoms with Gasteiger partial charge < -0.3 is 14.9 Å². The fraction of sp³-hybridized carbons (Fsp3) is 0.273. The van der Waals surface area contributed by atoms with E-state index in [1.807, 2.05) is 21.7 Å². The van der Waals surface area contributed by atoms with Crippen LogP contribution in [0.15, 0.2) is 31.4 Å². The fourth-order valence-electron chi connectivity index (χ4n) is 1.91. The van der Waals surface area contributed by atoms with Crippen molar-refractivity contribution < 1.29 is 0 Å². The highest BCUT2D eigenvalue weighted by Gasteiger charge is 2.06. The van der Waals surface area contributed by atoms with Gasteiger partial charge in [-0.2, -0.15) is 0 Å². The van der Waals surface area contributed by atoms with E-state index < -0.39 is 0 Å². The van der Waals surface area contributed by atoms with Crippen LogP contribution in [0.2, 0.25) is 0 Å². The Morgan fingerprint density at radius 2 is 2.06 bits per heavy atom. The Bertz CT molecular complexity index is 641. The maximum atomic E-state index is 5.74. The lowest BCUT2D eigenvalue weighted by Crippen LogP contribution is -2.03. The fourth-order valence-corrected chi connectivity index (χ4v) is 1.91. The molecule has 3 rings (SSSR count). The Kier molecular flexibility index (Phi) is 2.64. The van der Waals surface area contributed by atoms with Crippen molar-refractivity contribution >= 4 is 17.0 Å². The van der Waals surface area contributed by atoms with E-state index in [0.717, 1.165) is 25.2 Å². The molecule has 18 heavy (non-hydrogen) atoms. The zero-order valence-electron chi connectivity index (χ0n) is 9.77. The number of fused-ring (bicyclic) bond motifs is 1. The minimum Gasteiger partial charge on any atom is -0.382 e. The third-order valence-corrected chi connectivity index (χ3v) is 2.80. The quantitative estimate of drug-likeness (QED) is 0.728. The number of aryl methyl sites for hydroxylation is 2. The minimum absolute atomic E-state index is 0.424. The molecular weight excluding hydrogens is 230 g/mol. The molecule has 2 N–H and O–H groups in total. The maximum absolute atomic E-state index is 5.74. The second-order valence-corrected chi connectivity index (χ2v) is 4.02. The van der Waals surface area contributed by atoms with Crippen LogP contribution in [0, 0.1) is 0 Å². The number of nitrogens with two attached hydrogens (primary N) is 1. The molecule has 0 amide bonds. The van der Waals surface area contributed by atoms with Crippen LogP contribution in [0.1, 0.15) is 6.42 Å². The summed E-state index contributed by atoms with van der Waals surface area (Å²) in [6.45, 7) is 1.76. The molecule has 0 saturated carbocycles. The van der Waals surface area contributed by atoms with Crippen molar-refractivity contribution in [2.75, 3.05) is 5.73 Å². The second kappa shape index (κ2) is 4.44. The van der Waals surface area contributed by atoms with Gasteiger partial charge in [-0.1, -0.05) is 0 Å². The molecule has 7 heteroatoms. The smallest absolute Gasteiger partial charge is 0.165 e. The van der Waals surface area contributed by atoms with E-state index in [4.69, 9.17) is 5.73 Å². The summed E-state index contributed by atoms with van der Waals surface area (Å²) in [5.41, 5.74) is 7.19. The molecule has 7 nitrogen and oxygen atoms in total. The van der Waals surface area contributed by atoms with E-state index in [1.54, 1.807) is 12.5 Å². The SMILES string of the molecule is Nc1ncnc2c1ncn2CCCn1ccnc1. The molecule has 0 aromatic carbocycles. The average Bonchev–Trinajstić information content (AvgIpc) is 3.00. The van der Waals surface area contributed by atoms with Crippen LogP contribution in [0.25, 0.3) is 11.2 Å². The predicted molar refractivity (Wildman–Crippen MR) is 66.6 cm³/mol. The van der Waals surface area contributed by atoms with Crippen LogP contribution in [0.5, 0.6) is 0 Å². The zero-order valence-corrected chi connectivity index (χ0v) is 9.77. The average molecular weight is 243 g/mol. The van der Waals surface area contributed by atoms with Crippen molar-refractivity contribution in [3.8, 4) is 0 Å². The molecule has 0 radical (unpaired) electrons. The van der Waals surface area contributed by atoms with Crippen molar-refractivity contribution in [1.29, 1.82) is 0 Å². The van der Waals surface area contributed by atoms with E-state index in [1.165, 1.54) is 6.33 Å². The molecular formula is C11H13N7. The van der Waals surface area contributed by atoms with E-state index in [0.29, 0.717) is 11.3 Å². The third-order valence-electron chi connectivity index (χ3n) is 2.80. The van der Waals surface area contributed by atoms with Crippen LogP contribution >= 0.6 is 0 Å². The molecule has 3 aromatic heterocycles. The Balaban J connectivity index is 1.73. The molecule has 0 aliphatic rings. The maximum Gasteiger partial charge on any atom is 0.165 e. The van der Waals surface area contributed by atoms with Crippen LogP contribution in [-0.2, 0) is 13.1 Å². The van der Waals surface area contributed by atoms with Crippen LogP contribution < -0.4 is 5.73 Å². The first kappa shape index (κ1) is 10.7. The number of aromatic nitrogens is 6. The van der Waals surface area contributed by atoms with Crippen LogP contribution in [-0.4, -0.2) is 29.1 Å². The Hall–Kier alpha value is -2.44. The summed E-state index contributed by atoms with van der Waals surface area (Å²) >= 11 is 0. The van der Waals surface area contributed by atoms with Crippen molar-refractivity contribution in [3.63, 3.8) is 0 Å². The zero-order chi connectivity index (χ0) is 12.4. The molecule has 0 saturated heterocycles. The monoisotopic (exact) mass is 243 g/mol. The third kappa shape index (κ3) is 1.90. The Morgan fingerprint density at radius 3 is 2.89 bits per heavy atom. The molecule has 0 atom stereocenters. The lowest BCUT2D eigenvalue weighted by molar-refractivity contribution is 0.569. The van der Waals surface area contributed by atoms with E-state index in [9.17, 15) is 0 Å². The minimum atomic E-state index is 0.424. The summed E-state index contributed by atoms with van der Waals surface area (Å²) in [5, 5.41) is 0. The predicted octanol–water partition coefficient (Wildman–Crippen LogP) is 0.695. The second-order valence-electron chi connectivity index (χ2n) is 4.02. The van der Waals surface area contributed by atoms with Crippen LogP contribution in [0.4, 0.5) is 5.82 Å². The van der Waals surface area contributed by atoms with Crippen molar-refractivity contribution in [2.24, 2.45) is 0 Å². The lowest BCUT2D eigenvalue weighted by atomic mass is 10.4. The number of rotatable bonds is 4. The first-order valence-electron chi connectivity index (χ1n) is 5.71. The van der Waals surface area contributed by atoms with Gasteiger partial charge in [-0.3, -0.25) is 0 Å². The van der Waals surface area contributed by atoms with Gasteiger partial charge in [0.1, 0.15) is 11.8 Å². The first-order valence-corrected chi connectivity index (χ1v) is 5.71. The Labute approximate surface area is 103 Å². The first-order chi connectivity index (χ1) is 8.84. The summed E-state index contributed by atoms with van der Waals surface area (Å²) in [7, 11) is 0. The van der Waals surface area contributed by atoms with Gasteiger partial charge >= 0.3 is 0 Å². The number of nitrogen functional groups attached to an aromatic ring is 1. The number of hydrogen-bond acceptors (Lipinski definition) is 5. The summed E-state index contributed by atoms with van der Waals surface area (Å²) in [6.07, 6.45) is 9.74. The summed E-state index contributed by atoms with van der Waals surface area (Å²) < 4.78 is 4.03. The highest BCUT2D eigenvalue weighted by molar-refractivity contribution is 5.80. The van der Waals surface area contributed by atoms with E-state index in [2.05, 4.69) is 19.9 Å². The molecule has 0 aliphatic carbocycles. The molecule has 0 aliphatic heterocycles. The number of anilines is 1. The molecule has 92 valence electrons. The Morgan fingerprint density at radius 1 is 1.11 bits per heavy atom. The molecule has 0 fully saturated rings.